The lowest BCUT2D eigenvalue weighted by atomic mass is 9.81. The fraction of sp³-hybridized carbons (Fsp3) is 0.0385. The molecule has 7 aromatic rings. The van der Waals surface area contributed by atoms with E-state index in [4.69, 9.17) is 22.3 Å². The predicted octanol–water partition coefficient (Wildman–Crippen LogP) is 11.1. The predicted molar refractivity (Wildman–Crippen MR) is 216 cm³/mol. The van der Waals surface area contributed by atoms with Crippen molar-refractivity contribution in [2.75, 3.05) is 0 Å². The fourth-order valence-electron chi connectivity index (χ4n) is 9.10. The van der Waals surface area contributed by atoms with Crippen LogP contribution in [0.25, 0.3) is 33.4 Å². The monoisotopic (exact) mass is 686 g/mol. The molecular weight excluding hydrogens is 657 g/mol. The van der Waals surface area contributed by atoms with E-state index in [0.29, 0.717) is 0 Å². The second-order valence-corrected chi connectivity index (χ2v) is 14.3. The van der Waals surface area contributed by atoms with Gasteiger partial charge in [-0.25, -0.2) is 0 Å². The van der Waals surface area contributed by atoms with Crippen LogP contribution in [0.5, 0.6) is 11.5 Å². The number of hydrogen-bond donors (Lipinski definition) is 0. The third-order valence-corrected chi connectivity index (χ3v) is 11.5. The molecule has 2 nitrogen and oxygen atoms in total. The van der Waals surface area contributed by atoms with Crippen molar-refractivity contribution in [3.63, 3.8) is 0 Å². The van der Waals surface area contributed by atoms with Gasteiger partial charge in [0.2, 0.25) is 0 Å². The van der Waals surface area contributed by atoms with Crippen molar-refractivity contribution in [3.8, 4) is 58.4 Å². The fourth-order valence-corrected chi connectivity index (χ4v) is 9.10. The quantitative estimate of drug-likeness (QED) is 0.169. The molecule has 0 saturated heterocycles. The molecule has 0 aromatic heterocycles. The Labute approximate surface area is 314 Å². The van der Waals surface area contributed by atoms with Gasteiger partial charge in [-0.3, -0.25) is 0 Å². The molecule has 0 atom stereocenters. The van der Waals surface area contributed by atoms with E-state index in [1.807, 2.05) is 24.3 Å². The first kappa shape index (κ1) is 30.4. The molecule has 0 saturated carbocycles. The van der Waals surface area contributed by atoms with Crippen LogP contribution in [0.2, 0.25) is 0 Å². The lowest BCUT2D eigenvalue weighted by Gasteiger charge is -2.36. The maximum absolute atomic E-state index is 7.09. The molecule has 2 heteroatoms. The molecular formula is C52H30O2. The third kappa shape index (κ3) is 4.09. The Morgan fingerprint density at radius 1 is 0.370 bits per heavy atom. The number of hydrogen-bond acceptors (Lipinski definition) is 2. The molecule has 2 aliphatic heterocycles. The summed E-state index contributed by atoms with van der Waals surface area (Å²) in [6.45, 7) is 0. The van der Waals surface area contributed by atoms with Crippen molar-refractivity contribution < 1.29 is 9.47 Å². The van der Waals surface area contributed by atoms with Gasteiger partial charge in [-0.1, -0.05) is 133 Å². The van der Waals surface area contributed by atoms with Gasteiger partial charge in [0.1, 0.15) is 11.5 Å². The lowest BCUT2D eigenvalue weighted by Crippen LogP contribution is -2.33. The third-order valence-electron chi connectivity index (χ3n) is 11.5. The highest BCUT2D eigenvalue weighted by atomic mass is 16.5. The summed E-state index contributed by atoms with van der Waals surface area (Å²) in [5.74, 6) is 7.26. The van der Waals surface area contributed by atoms with E-state index in [1.54, 1.807) is 0 Å². The molecule has 0 fully saturated rings. The minimum Gasteiger partial charge on any atom is -0.473 e. The van der Waals surface area contributed by atoms with Crippen molar-refractivity contribution in [2.45, 2.75) is 11.2 Å². The van der Waals surface area contributed by atoms with Crippen molar-refractivity contribution in [2.24, 2.45) is 0 Å². The minimum absolute atomic E-state index is 0.796. The van der Waals surface area contributed by atoms with E-state index in [0.717, 1.165) is 78.3 Å². The summed E-state index contributed by atoms with van der Waals surface area (Å²) in [7, 11) is 0. The van der Waals surface area contributed by atoms with E-state index in [9.17, 15) is 0 Å². The first-order valence-corrected chi connectivity index (χ1v) is 18.2. The summed E-state index contributed by atoms with van der Waals surface area (Å²) in [6, 6.07) is 55.1. The van der Waals surface area contributed by atoms with Crippen molar-refractivity contribution >= 4 is 11.1 Å². The summed E-state index contributed by atoms with van der Waals surface area (Å²) < 4.78 is 14.2. The van der Waals surface area contributed by atoms with Gasteiger partial charge >= 0.3 is 0 Å². The molecule has 250 valence electrons. The molecule has 2 spiro atoms. The van der Waals surface area contributed by atoms with Crippen LogP contribution in [0.15, 0.2) is 170 Å². The molecule has 2 heterocycles. The van der Waals surface area contributed by atoms with Crippen LogP contribution in [0, 0.1) is 24.7 Å². The van der Waals surface area contributed by atoms with Gasteiger partial charge in [0.15, 0.2) is 11.2 Å². The molecule has 0 amide bonds. The number of benzene rings is 7. The Bertz CT molecular complexity index is 2620. The summed E-state index contributed by atoms with van der Waals surface area (Å²) in [4.78, 5) is 0. The van der Waals surface area contributed by atoms with Crippen LogP contribution in [0.3, 0.4) is 0 Å². The highest BCUT2D eigenvalue weighted by molar-refractivity contribution is 5.93. The molecule has 2 aliphatic carbocycles. The number of fused-ring (bicyclic) bond motifs is 12. The topological polar surface area (TPSA) is 18.5 Å². The summed E-state index contributed by atoms with van der Waals surface area (Å²) in [5, 5.41) is 0. The summed E-state index contributed by atoms with van der Waals surface area (Å²) in [5.41, 5.74) is 15.5. The molecule has 4 aliphatic rings. The van der Waals surface area contributed by atoms with Crippen LogP contribution < -0.4 is 9.47 Å². The molecule has 7 aromatic carbocycles. The average Bonchev–Trinajstić information content (AvgIpc) is 3.66. The number of terminal acetylenes is 2. The van der Waals surface area contributed by atoms with Crippen molar-refractivity contribution in [1.82, 2.24) is 0 Å². The molecule has 11 rings (SSSR count). The van der Waals surface area contributed by atoms with Crippen LogP contribution in [0.4, 0.5) is 0 Å². The Kier molecular flexibility index (Phi) is 6.25. The molecule has 0 unspecified atom stereocenters. The molecule has 0 bridgehead atoms. The van der Waals surface area contributed by atoms with Gasteiger partial charge in [0.25, 0.3) is 0 Å². The second kappa shape index (κ2) is 11.1. The van der Waals surface area contributed by atoms with E-state index < -0.39 is 11.2 Å². The van der Waals surface area contributed by atoms with E-state index in [2.05, 4.69) is 157 Å². The SMILES string of the molecule is C#Cc1ccc2c(c1)C(c1ccc(C3=CC4(Oc5ccc(C#C)cc53)c3ccccc3-c3ccccc34)cc1)=CC1(O2)c2ccccc2-c2ccccc21. The number of rotatable bonds is 2. The first-order chi connectivity index (χ1) is 26.6. The highest BCUT2D eigenvalue weighted by Crippen LogP contribution is 2.57. The minimum atomic E-state index is -0.796. The summed E-state index contributed by atoms with van der Waals surface area (Å²) in [6.07, 6.45) is 16.5. The van der Waals surface area contributed by atoms with Crippen LogP contribution in [-0.2, 0) is 11.2 Å². The van der Waals surface area contributed by atoms with Gasteiger partial charge < -0.3 is 9.47 Å². The second-order valence-electron chi connectivity index (χ2n) is 14.3. The Morgan fingerprint density at radius 2 is 0.704 bits per heavy atom. The number of ether oxygens (including phenoxy) is 2. The van der Waals surface area contributed by atoms with Crippen LogP contribution >= 0.6 is 0 Å². The Morgan fingerprint density at radius 3 is 1.04 bits per heavy atom. The van der Waals surface area contributed by atoms with Gasteiger partial charge in [-0.2, -0.15) is 0 Å². The van der Waals surface area contributed by atoms with Crippen LogP contribution in [0.1, 0.15) is 55.6 Å². The summed E-state index contributed by atoms with van der Waals surface area (Å²) >= 11 is 0. The van der Waals surface area contributed by atoms with Crippen molar-refractivity contribution in [1.29, 1.82) is 0 Å². The van der Waals surface area contributed by atoms with Crippen molar-refractivity contribution in [3.05, 3.63) is 226 Å². The first-order valence-electron chi connectivity index (χ1n) is 18.2. The maximum Gasteiger partial charge on any atom is 0.179 e. The van der Waals surface area contributed by atoms with E-state index in [1.165, 1.54) is 22.3 Å². The molecule has 0 N–H and O–H groups in total. The van der Waals surface area contributed by atoms with Crippen LogP contribution in [-0.4, -0.2) is 0 Å². The lowest BCUT2D eigenvalue weighted by molar-refractivity contribution is 0.165. The zero-order valence-electron chi connectivity index (χ0n) is 29.1. The van der Waals surface area contributed by atoms with Gasteiger partial charge in [0, 0.05) is 44.5 Å². The standard InChI is InChI=1S/C52H30O2/c1-3-33-21-27-49-41(29-33)43(31-51(53-49)45-17-9-5-13-37(45)38-14-6-10-18-46(38)51)35-23-25-36(26-24-35)44-32-52(54-50-28-22-34(4-2)30-42(44)50)47-19-11-7-15-39(47)40-16-8-12-20-48(40)52/h1-2,5-32H. The van der Waals surface area contributed by atoms with Gasteiger partial charge in [-0.05, 0) is 93.1 Å². The van der Waals surface area contributed by atoms with Gasteiger partial charge in [-0.15, -0.1) is 12.8 Å². The zero-order valence-corrected chi connectivity index (χ0v) is 29.1. The van der Waals surface area contributed by atoms with Gasteiger partial charge in [0.05, 0.1) is 0 Å². The zero-order chi connectivity index (χ0) is 36.0. The average molecular weight is 687 g/mol. The molecule has 54 heavy (non-hydrogen) atoms. The largest absolute Gasteiger partial charge is 0.473 e. The maximum atomic E-state index is 7.09. The Hall–Kier alpha value is -7.26. The normalized spacial score (nSPS) is 15.4. The van der Waals surface area contributed by atoms with E-state index in [-0.39, 0.29) is 0 Å². The highest BCUT2D eigenvalue weighted by Gasteiger charge is 2.48. The Balaban J connectivity index is 1.11. The molecule has 0 radical (unpaired) electrons. The smallest absolute Gasteiger partial charge is 0.179 e. The van der Waals surface area contributed by atoms with E-state index >= 15 is 0 Å².